The van der Waals surface area contributed by atoms with Gasteiger partial charge in [-0.05, 0) is 30.5 Å². The molecule has 1 atom stereocenters. The third-order valence-electron chi connectivity index (χ3n) is 6.18. The number of halogens is 1. The molecular formula is C23H26FN5O6. The SMILES string of the molecule is Cn1c(C2CCCN2C(=O)C(=O)N2CCOCC2)nc(C(=O)NCc2ccc(F)cc2)c(O)c1=O. The van der Waals surface area contributed by atoms with Crippen LogP contribution in [-0.4, -0.2) is 75.0 Å². The average Bonchev–Trinajstić information content (AvgIpc) is 3.36. The van der Waals surface area contributed by atoms with Crippen molar-refractivity contribution in [1.82, 2.24) is 24.7 Å². The van der Waals surface area contributed by atoms with Crippen LogP contribution in [0.2, 0.25) is 0 Å². The molecule has 0 spiro atoms. The van der Waals surface area contributed by atoms with Gasteiger partial charge >= 0.3 is 11.8 Å². The predicted molar refractivity (Wildman–Crippen MR) is 120 cm³/mol. The summed E-state index contributed by atoms with van der Waals surface area (Å²) >= 11 is 0. The minimum absolute atomic E-state index is 0.0207. The number of morpholine rings is 1. The molecule has 12 heteroatoms. The van der Waals surface area contributed by atoms with Crippen molar-refractivity contribution in [2.75, 3.05) is 32.8 Å². The smallest absolute Gasteiger partial charge is 0.312 e. The second-order valence-electron chi connectivity index (χ2n) is 8.40. The molecule has 186 valence electrons. The molecule has 2 aliphatic heterocycles. The number of hydrogen-bond acceptors (Lipinski definition) is 7. The van der Waals surface area contributed by atoms with Crippen molar-refractivity contribution in [2.24, 2.45) is 7.05 Å². The van der Waals surface area contributed by atoms with Gasteiger partial charge in [0.15, 0.2) is 5.69 Å². The van der Waals surface area contributed by atoms with Gasteiger partial charge in [-0.1, -0.05) is 12.1 Å². The molecule has 3 amide bonds. The van der Waals surface area contributed by atoms with E-state index >= 15 is 0 Å². The van der Waals surface area contributed by atoms with Crippen LogP contribution in [-0.2, 0) is 27.9 Å². The van der Waals surface area contributed by atoms with E-state index in [1.54, 1.807) is 0 Å². The summed E-state index contributed by atoms with van der Waals surface area (Å²) in [6.07, 6.45) is 1.01. The monoisotopic (exact) mass is 487 g/mol. The summed E-state index contributed by atoms with van der Waals surface area (Å²) in [6, 6.07) is 4.77. The molecule has 2 N–H and O–H groups in total. The maximum Gasteiger partial charge on any atom is 0.312 e. The van der Waals surface area contributed by atoms with Crippen LogP contribution in [0.1, 0.15) is 40.8 Å². The average molecular weight is 487 g/mol. The van der Waals surface area contributed by atoms with Crippen molar-refractivity contribution in [3.05, 3.63) is 57.5 Å². The van der Waals surface area contributed by atoms with Crippen LogP contribution in [0.15, 0.2) is 29.1 Å². The molecule has 1 aromatic heterocycles. The number of ether oxygens (including phenoxy) is 1. The van der Waals surface area contributed by atoms with Crippen molar-refractivity contribution in [3.8, 4) is 5.75 Å². The molecule has 2 fully saturated rings. The first-order valence-corrected chi connectivity index (χ1v) is 11.3. The fraction of sp³-hybridized carbons (Fsp3) is 0.435. The Morgan fingerprint density at radius 3 is 2.51 bits per heavy atom. The number of hydrogen-bond donors (Lipinski definition) is 2. The molecule has 2 aliphatic rings. The van der Waals surface area contributed by atoms with Gasteiger partial charge in [0.05, 0.1) is 19.3 Å². The van der Waals surface area contributed by atoms with Crippen LogP contribution in [0.25, 0.3) is 0 Å². The highest BCUT2D eigenvalue weighted by Crippen LogP contribution is 2.31. The van der Waals surface area contributed by atoms with E-state index in [1.165, 1.54) is 41.1 Å². The van der Waals surface area contributed by atoms with Crippen molar-refractivity contribution in [2.45, 2.75) is 25.4 Å². The number of rotatable bonds is 4. The van der Waals surface area contributed by atoms with Crippen molar-refractivity contribution in [3.63, 3.8) is 0 Å². The van der Waals surface area contributed by atoms with E-state index in [-0.39, 0.29) is 12.4 Å². The number of likely N-dealkylation sites (tertiary alicyclic amines) is 1. The molecule has 1 aromatic carbocycles. The number of aromatic hydroxyl groups is 1. The molecule has 0 aliphatic carbocycles. The number of carbonyl (C=O) groups excluding carboxylic acids is 3. The minimum atomic E-state index is -0.847. The minimum Gasteiger partial charge on any atom is -0.501 e. The summed E-state index contributed by atoms with van der Waals surface area (Å²) in [5, 5.41) is 12.9. The Labute approximate surface area is 200 Å². The van der Waals surface area contributed by atoms with Crippen LogP contribution in [0.4, 0.5) is 4.39 Å². The number of benzene rings is 1. The molecule has 0 saturated carbocycles. The predicted octanol–water partition coefficient (Wildman–Crippen LogP) is 0.0773. The van der Waals surface area contributed by atoms with Crippen LogP contribution < -0.4 is 10.9 Å². The van der Waals surface area contributed by atoms with E-state index in [0.29, 0.717) is 51.3 Å². The Morgan fingerprint density at radius 2 is 1.83 bits per heavy atom. The number of nitrogens with zero attached hydrogens (tertiary/aromatic N) is 4. The second-order valence-corrected chi connectivity index (χ2v) is 8.40. The summed E-state index contributed by atoms with van der Waals surface area (Å²) in [4.78, 5) is 58.3. The second kappa shape index (κ2) is 10.2. The van der Waals surface area contributed by atoms with Gasteiger partial charge in [0.25, 0.3) is 11.5 Å². The van der Waals surface area contributed by atoms with Gasteiger partial charge in [0, 0.05) is 33.2 Å². The van der Waals surface area contributed by atoms with Gasteiger partial charge in [-0.25, -0.2) is 9.37 Å². The highest BCUT2D eigenvalue weighted by molar-refractivity contribution is 6.35. The van der Waals surface area contributed by atoms with Gasteiger partial charge < -0.3 is 25.0 Å². The number of aromatic nitrogens is 2. The van der Waals surface area contributed by atoms with Crippen LogP contribution in [0.5, 0.6) is 5.75 Å². The fourth-order valence-electron chi connectivity index (χ4n) is 4.23. The highest BCUT2D eigenvalue weighted by Gasteiger charge is 2.38. The Bertz CT molecular complexity index is 1190. The lowest BCUT2D eigenvalue weighted by Gasteiger charge is -2.30. The zero-order chi connectivity index (χ0) is 25.1. The molecule has 4 rings (SSSR count). The number of amides is 3. The zero-order valence-corrected chi connectivity index (χ0v) is 19.2. The first-order chi connectivity index (χ1) is 16.8. The van der Waals surface area contributed by atoms with Crippen molar-refractivity contribution in [1.29, 1.82) is 0 Å². The van der Waals surface area contributed by atoms with Gasteiger partial charge in [-0.15, -0.1) is 0 Å². The van der Waals surface area contributed by atoms with E-state index in [1.807, 2.05) is 0 Å². The molecule has 3 heterocycles. The maximum atomic E-state index is 13.1. The summed E-state index contributed by atoms with van der Waals surface area (Å²) < 4.78 is 19.4. The molecule has 35 heavy (non-hydrogen) atoms. The Morgan fingerprint density at radius 1 is 1.14 bits per heavy atom. The Kier molecular flexibility index (Phi) is 7.10. The topological polar surface area (TPSA) is 134 Å². The third kappa shape index (κ3) is 5.02. The van der Waals surface area contributed by atoms with Gasteiger partial charge in [-0.3, -0.25) is 23.7 Å². The molecule has 2 saturated heterocycles. The lowest BCUT2D eigenvalue weighted by molar-refractivity contribution is -0.154. The largest absolute Gasteiger partial charge is 0.501 e. The van der Waals surface area contributed by atoms with Gasteiger partial charge in [0.2, 0.25) is 5.75 Å². The molecular weight excluding hydrogens is 461 g/mol. The molecule has 0 radical (unpaired) electrons. The van der Waals surface area contributed by atoms with E-state index < -0.39 is 46.6 Å². The van der Waals surface area contributed by atoms with Crippen LogP contribution >= 0.6 is 0 Å². The van der Waals surface area contributed by atoms with Crippen molar-refractivity contribution >= 4 is 17.7 Å². The van der Waals surface area contributed by atoms with Crippen LogP contribution in [0.3, 0.4) is 0 Å². The summed E-state index contributed by atoms with van der Waals surface area (Å²) in [6.45, 7) is 1.66. The molecule has 1 unspecified atom stereocenters. The molecule has 2 aromatic rings. The van der Waals surface area contributed by atoms with E-state index in [9.17, 15) is 28.7 Å². The van der Waals surface area contributed by atoms with E-state index in [2.05, 4.69) is 10.3 Å². The number of carbonyl (C=O) groups is 3. The van der Waals surface area contributed by atoms with Crippen molar-refractivity contribution < 1.29 is 28.6 Å². The van der Waals surface area contributed by atoms with E-state index in [0.717, 1.165) is 4.57 Å². The lowest BCUT2D eigenvalue weighted by Crippen LogP contribution is -2.49. The lowest BCUT2D eigenvalue weighted by atomic mass is 10.1. The summed E-state index contributed by atoms with van der Waals surface area (Å²) in [7, 11) is 1.38. The standard InChI is InChI=1S/C23H26FN5O6/c1-27-19(16-3-2-8-29(16)23(34)22(33)28-9-11-35-12-10-28)26-17(18(30)21(27)32)20(31)25-13-14-4-6-15(24)7-5-14/h4-7,16,30H,2-3,8-13H2,1H3,(H,25,31). The maximum absolute atomic E-state index is 13.1. The number of nitrogens with one attached hydrogen (secondary N) is 1. The van der Waals surface area contributed by atoms with Crippen LogP contribution in [0, 0.1) is 5.82 Å². The Balaban J connectivity index is 1.57. The van der Waals surface area contributed by atoms with Gasteiger partial charge in [-0.2, -0.15) is 0 Å². The first kappa shape index (κ1) is 24.3. The van der Waals surface area contributed by atoms with E-state index in [4.69, 9.17) is 4.74 Å². The Hall–Kier alpha value is -3.80. The molecule has 11 nitrogen and oxygen atoms in total. The summed E-state index contributed by atoms with van der Waals surface area (Å²) in [5.74, 6) is -3.31. The summed E-state index contributed by atoms with van der Waals surface area (Å²) in [5.41, 5.74) is -0.720. The normalized spacial score (nSPS) is 17.9. The fourth-order valence-corrected chi connectivity index (χ4v) is 4.23. The molecule has 0 bridgehead atoms. The third-order valence-corrected chi connectivity index (χ3v) is 6.18. The highest BCUT2D eigenvalue weighted by atomic mass is 19.1. The van der Waals surface area contributed by atoms with Gasteiger partial charge in [0.1, 0.15) is 11.6 Å². The quantitative estimate of drug-likeness (QED) is 0.583. The zero-order valence-electron chi connectivity index (χ0n) is 19.2. The first-order valence-electron chi connectivity index (χ1n) is 11.3.